The number of hydrogen-bond donors (Lipinski definition) is 6. The Kier molecular flexibility index (Phi) is 33.7. The average Bonchev–Trinajstić information content (AvgIpc) is 3.60. The molecule has 1 aromatic rings. The molecule has 71 heavy (non-hydrogen) atoms. The van der Waals surface area contributed by atoms with Gasteiger partial charge in [0, 0.05) is 19.0 Å². The van der Waals surface area contributed by atoms with Gasteiger partial charge in [-0.3, -0.25) is 23.2 Å². The van der Waals surface area contributed by atoms with Gasteiger partial charge in [0.25, 0.3) is 0 Å². The van der Waals surface area contributed by atoms with Gasteiger partial charge in [-0.2, -0.15) is 9.29 Å². The molecule has 1 aromatic heterocycles. The Balaban J connectivity index is 1.87. The average molecular weight is 1040 g/mol. The van der Waals surface area contributed by atoms with Crippen LogP contribution in [0.3, 0.4) is 0 Å². The second-order valence-electron chi connectivity index (χ2n) is 17.1. The molecule has 1 fully saturated rings. The molecule has 1 saturated heterocycles. The fraction of sp³-hybridized carbons (Fsp3) is 0.640. The number of aliphatic hydroxyl groups is 3. The maximum atomic E-state index is 12.9. The first-order chi connectivity index (χ1) is 34.1. The predicted octanol–water partition coefficient (Wildman–Crippen LogP) is 9.08. The zero-order valence-corrected chi connectivity index (χ0v) is 43.4. The van der Waals surface area contributed by atoms with Gasteiger partial charge in [0.1, 0.15) is 30.7 Å². The summed E-state index contributed by atoms with van der Waals surface area (Å²) in [6, 6.07) is 1.23. The van der Waals surface area contributed by atoms with E-state index >= 15 is 0 Å². The third-order valence-electron chi connectivity index (χ3n) is 10.9. The molecule has 0 saturated carbocycles. The summed E-state index contributed by atoms with van der Waals surface area (Å²) in [6.07, 6.45) is 34.4. The molecule has 2 heterocycles. The van der Waals surface area contributed by atoms with Gasteiger partial charge in [0.2, 0.25) is 0 Å². The Morgan fingerprint density at radius 3 is 2.01 bits per heavy atom. The van der Waals surface area contributed by atoms with Crippen molar-refractivity contribution in [1.82, 2.24) is 9.55 Å². The SMILES string of the molecule is CC/C=C\C/C=C\C/C=C\CCCCCCCC(=O)OC[C@H](COP(=O)(O)OP(=O)(O)OC[C@H]1O[C@@H](n2ccc(N)nc2=O)[C@H](O)[C@@H]1O)OC(=O)CCCC(O)/C=C/C=C/C/C=C/CCCCCCCC. The van der Waals surface area contributed by atoms with Gasteiger partial charge in [-0.25, -0.2) is 13.9 Å². The van der Waals surface area contributed by atoms with Crippen LogP contribution in [0.4, 0.5) is 5.82 Å². The van der Waals surface area contributed by atoms with Crippen molar-refractivity contribution in [2.75, 3.05) is 25.6 Å². The van der Waals surface area contributed by atoms with Crippen molar-refractivity contribution in [2.45, 2.75) is 185 Å². The molecule has 0 amide bonds. The number of nitrogens with zero attached hydrogens (tertiary/aromatic N) is 2. The molecule has 0 radical (unpaired) electrons. The van der Waals surface area contributed by atoms with Crippen LogP contribution in [-0.2, 0) is 46.3 Å². The van der Waals surface area contributed by atoms with Crippen LogP contribution < -0.4 is 11.4 Å². The quantitative estimate of drug-likeness (QED) is 0.0117. The van der Waals surface area contributed by atoms with Crippen LogP contribution in [0.2, 0.25) is 0 Å². The van der Waals surface area contributed by atoms with Crippen molar-refractivity contribution in [1.29, 1.82) is 0 Å². The molecule has 7 N–H and O–H groups in total. The monoisotopic (exact) mass is 1040 g/mol. The fourth-order valence-corrected chi connectivity index (χ4v) is 9.09. The first-order valence-corrected chi connectivity index (χ1v) is 28.0. The van der Waals surface area contributed by atoms with Crippen LogP contribution in [0.15, 0.2) is 90.0 Å². The molecule has 19 nitrogen and oxygen atoms in total. The number of carbonyl (C=O) groups is 2. The lowest BCUT2D eigenvalue weighted by molar-refractivity contribution is -0.161. The number of phosphoric acid groups is 2. The summed E-state index contributed by atoms with van der Waals surface area (Å²) in [4.78, 5) is 61.9. The number of rotatable bonds is 40. The highest BCUT2D eigenvalue weighted by molar-refractivity contribution is 7.61. The van der Waals surface area contributed by atoms with Gasteiger partial charge in [-0.05, 0) is 76.7 Å². The minimum Gasteiger partial charge on any atom is -0.462 e. The summed E-state index contributed by atoms with van der Waals surface area (Å²) in [5.74, 6) is -1.53. The number of nitrogen functional groups attached to an aromatic ring is 1. The molecule has 1 aliphatic rings. The van der Waals surface area contributed by atoms with Crippen molar-refractivity contribution in [2.24, 2.45) is 0 Å². The normalized spacial score (nSPS) is 20.2. The molecule has 3 unspecified atom stereocenters. The molecule has 0 aromatic carbocycles. The minimum absolute atomic E-state index is 0.0647. The summed E-state index contributed by atoms with van der Waals surface area (Å²) < 4.78 is 56.6. The number of anilines is 1. The lowest BCUT2D eigenvalue weighted by Gasteiger charge is -2.21. The van der Waals surface area contributed by atoms with Crippen LogP contribution in [0, 0.1) is 0 Å². The topological polar surface area (TPSA) is 286 Å². The van der Waals surface area contributed by atoms with Crippen molar-refractivity contribution < 1.29 is 71.4 Å². The van der Waals surface area contributed by atoms with Gasteiger partial charge in [-0.1, -0.05) is 138 Å². The van der Waals surface area contributed by atoms with E-state index in [2.05, 4.69) is 71.8 Å². The molecule has 21 heteroatoms. The Morgan fingerprint density at radius 2 is 1.35 bits per heavy atom. The zero-order valence-electron chi connectivity index (χ0n) is 41.6. The van der Waals surface area contributed by atoms with E-state index in [9.17, 15) is 48.6 Å². The van der Waals surface area contributed by atoms with Crippen LogP contribution >= 0.6 is 15.6 Å². The van der Waals surface area contributed by atoms with E-state index in [1.54, 1.807) is 12.2 Å². The molecule has 402 valence electrons. The summed E-state index contributed by atoms with van der Waals surface area (Å²) in [5, 5.41) is 31.3. The summed E-state index contributed by atoms with van der Waals surface area (Å²) in [7, 11) is -10.9. The Morgan fingerprint density at radius 1 is 0.761 bits per heavy atom. The fourth-order valence-electron chi connectivity index (χ4n) is 6.98. The maximum absolute atomic E-state index is 12.9. The molecular weight excluding hydrogens is 961 g/mol. The summed E-state index contributed by atoms with van der Waals surface area (Å²) in [5.41, 5.74) is 4.57. The van der Waals surface area contributed by atoms with E-state index in [-0.39, 0.29) is 31.5 Å². The van der Waals surface area contributed by atoms with Gasteiger partial charge in [0.05, 0.1) is 19.3 Å². The van der Waals surface area contributed by atoms with Crippen LogP contribution in [0.5, 0.6) is 0 Å². The van der Waals surface area contributed by atoms with Crippen LogP contribution in [-0.4, -0.2) is 96.9 Å². The Hall–Kier alpha value is -3.84. The molecule has 0 bridgehead atoms. The third-order valence-corrected chi connectivity index (χ3v) is 13.5. The van der Waals surface area contributed by atoms with Gasteiger partial charge in [0.15, 0.2) is 12.3 Å². The lowest BCUT2D eigenvalue weighted by atomic mass is 10.1. The minimum atomic E-state index is -5.48. The predicted molar refractivity (Wildman–Crippen MR) is 271 cm³/mol. The number of unbranched alkanes of at least 4 members (excludes halogenated alkanes) is 11. The largest absolute Gasteiger partial charge is 0.481 e. The number of aromatic nitrogens is 2. The maximum Gasteiger partial charge on any atom is 0.481 e. The van der Waals surface area contributed by atoms with E-state index in [0.29, 0.717) is 6.42 Å². The molecule has 8 atom stereocenters. The standard InChI is InChI=1S/C50H81N3O16P2/c1-3-5-7-9-11-13-15-17-18-20-22-24-26-28-30-34-45(55)64-38-42(67-46(56)35-31-33-41(54)32-29-27-25-23-21-19-16-14-12-10-8-6-4-2)39-65-70(60,61)69-71(62,63)66-40-43-47(57)48(58)49(68-43)53-37-36-44(51)52-50(53)59/h5,7,11,13,17-19,21,25,27,29,32,36-37,41-43,47-49,54,57-58H,3-4,6,8-10,12,14-16,20,22-24,26,28,30-31,33-35,38-40H2,1-2H3,(H,60,61)(H,62,63)(H2,51,52,59)/b7-5-,13-11-,18-17-,21-19+,27-25+,32-29+/t41?,42-,43-,47-,48-,49-/m1/s1. The number of hydrogen-bond acceptors (Lipinski definition) is 16. The smallest absolute Gasteiger partial charge is 0.462 e. The molecule has 0 aliphatic carbocycles. The zero-order chi connectivity index (χ0) is 52.2. The first kappa shape index (κ1) is 63.3. The van der Waals surface area contributed by atoms with Crippen molar-refractivity contribution in [3.8, 4) is 0 Å². The number of esters is 2. The highest BCUT2D eigenvalue weighted by Crippen LogP contribution is 2.60. The van der Waals surface area contributed by atoms with Gasteiger partial charge >= 0.3 is 33.3 Å². The van der Waals surface area contributed by atoms with E-state index in [0.717, 1.165) is 75.0 Å². The second kappa shape index (κ2) is 37.8. The van der Waals surface area contributed by atoms with E-state index in [4.69, 9.17) is 29.0 Å². The highest BCUT2D eigenvalue weighted by Gasteiger charge is 2.46. The molecule has 0 spiro atoms. The van der Waals surface area contributed by atoms with E-state index < -0.39 is 89.8 Å². The van der Waals surface area contributed by atoms with Crippen molar-refractivity contribution in [3.05, 3.63) is 95.7 Å². The van der Waals surface area contributed by atoms with Crippen molar-refractivity contribution in [3.63, 3.8) is 0 Å². The molecule has 2 rings (SSSR count). The summed E-state index contributed by atoms with van der Waals surface area (Å²) >= 11 is 0. The van der Waals surface area contributed by atoms with Gasteiger partial charge in [-0.15, -0.1) is 0 Å². The Bertz CT molecular complexity index is 1990. The van der Waals surface area contributed by atoms with Crippen LogP contribution in [0.25, 0.3) is 0 Å². The number of allylic oxidation sites excluding steroid dienone is 11. The third kappa shape index (κ3) is 30.7. The summed E-state index contributed by atoms with van der Waals surface area (Å²) in [6.45, 7) is 1.82. The van der Waals surface area contributed by atoms with E-state index in [1.807, 2.05) is 12.2 Å². The van der Waals surface area contributed by atoms with Crippen LogP contribution in [0.1, 0.15) is 155 Å². The van der Waals surface area contributed by atoms with Crippen molar-refractivity contribution >= 4 is 33.4 Å². The number of aliphatic hydroxyl groups excluding tert-OH is 3. The molecule has 1 aliphatic heterocycles. The van der Waals surface area contributed by atoms with E-state index in [1.165, 1.54) is 44.6 Å². The number of nitrogens with two attached hydrogens (primary N) is 1. The Labute approximate surface area is 419 Å². The lowest BCUT2D eigenvalue weighted by Crippen LogP contribution is -2.36. The highest BCUT2D eigenvalue weighted by atomic mass is 31.3. The van der Waals surface area contributed by atoms with Gasteiger partial charge < -0.3 is 45.1 Å². The molecular formula is C50H81N3O16P2. The second-order valence-corrected chi connectivity index (χ2v) is 20.2. The number of ether oxygens (including phenoxy) is 3. The first-order valence-electron chi connectivity index (χ1n) is 25.1. The number of phosphoric ester groups is 2. The number of carbonyl (C=O) groups excluding carboxylic acids is 2.